The van der Waals surface area contributed by atoms with Crippen molar-refractivity contribution in [1.82, 2.24) is 14.7 Å². The molecule has 84 valence electrons. The number of nitrogens with two attached hydrogens (primary N) is 1. The summed E-state index contributed by atoms with van der Waals surface area (Å²) in [7, 11) is 4.10. The highest BCUT2D eigenvalue weighted by atomic mass is 15.2. The van der Waals surface area contributed by atoms with E-state index in [0.29, 0.717) is 12.6 Å². The lowest BCUT2D eigenvalue weighted by atomic mass is 10.1. The quantitative estimate of drug-likeness (QED) is 0.777. The number of hydrogen-bond acceptors (Lipinski definition) is 3. The summed E-state index contributed by atoms with van der Waals surface area (Å²) in [6.07, 6.45) is 6.74. The average molecular weight is 208 g/mol. The van der Waals surface area contributed by atoms with Crippen LogP contribution < -0.4 is 5.73 Å². The summed E-state index contributed by atoms with van der Waals surface area (Å²) < 4.78 is 1.84. The van der Waals surface area contributed by atoms with E-state index in [9.17, 15) is 0 Å². The fourth-order valence-corrected chi connectivity index (χ4v) is 2.02. The van der Waals surface area contributed by atoms with Crippen LogP contribution in [0.25, 0.3) is 0 Å². The zero-order chi connectivity index (χ0) is 10.8. The Balaban J connectivity index is 2.01. The predicted octanol–water partition coefficient (Wildman–Crippen LogP) is 0.762. The molecule has 1 aromatic heterocycles. The van der Waals surface area contributed by atoms with Crippen LogP contribution in [0.3, 0.4) is 0 Å². The molecule has 2 rings (SSSR count). The Morgan fingerprint density at radius 2 is 2.40 bits per heavy atom. The van der Waals surface area contributed by atoms with Crippen LogP contribution in [-0.2, 0) is 7.05 Å². The van der Waals surface area contributed by atoms with E-state index in [0.717, 1.165) is 12.5 Å². The molecule has 0 saturated heterocycles. The van der Waals surface area contributed by atoms with E-state index in [1.54, 1.807) is 0 Å². The van der Waals surface area contributed by atoms with Gasteiger partial charge in [0.25, 0.3) is 0 Å². The molecule has 0 bridgehead atoms. The summed E-state index contributed by atoms with van der Waals surface area (Å²) in [6, 6.07) is 0.319. The van der Waals surface area contributed by atoms with Gasteiger partial charge < -0.3 is 5.73 Å². The highest BCUT2D eigenvalue weighted by Crippen LogP contribution is 2.31. The number of rotatable bonds is 5. The average Bonchev–Trinajstić information content (AvgIpc) is 2.90. The Morgan fingerprint density at radius 1 is 1.67 bits per heavy atom. The van der Waals surface area contributed by atoms with Crippen molar-refractivity contribution >= 4 is 0 Å². The molecule has 2 N–H and O–H groups in total. The monoisotopic (exact) mass is 208 g/mol. The SMILES string of the molecule is CN(CC1CC1)C(CN)c1cnn(C)c1. The molecule has 1 atom stereocenters. The molecule has 1 aromatic rings. The van der Waals surface area contributed by atoms with Crippen molar-refractivity contribution in [3.05, 3.63) is 18.0 Å². The highest BCUT2D eigenvalue weighted by molar-refractivity contribution is 5.11. The third kappa shape index (κ3) is 2.58. The molecule has 0 aromatic carbocycles. The lowest BCUT2D eigenvalue weighted by Crippen LogP contribution is -2.31. The number of likely N-dealkylation sites (N-methyl/N-ethyl adjacent to an activating group) is 1. The Labute approximate surface area is 91.1 Å². The normalized spacial score (nSPS) is 18.4. The summed E-state index contributed by atoms with van der Waals surface area (Å²) >= 11 is 0. The minimum Gasteiger partial charge on any atom is -0.329 e. The topological polar surface area (TPSA) is 47.1 Å². The second-order valence-corrected chi connectivity index (χ2v) is 4.58. The molecule has 1 aliphatic carbocycles. The molecule has 0 amide bonds. The Morgan fingerprint density at radius 3 is 2.87 bits per heavy atom. The molecule has 1 heterocycles. The van der Waals surface area contributed by atoms with Crippen molar-refractivity contribution in [2.24, 2.45) is 18.7 Å². The van der Waals surface area contributed by atoms with Crippen molar-refractivity contribution in [3.8, 4) is 0 Å². The maximum Gasteiger partial charge on any atom is 0.0538 e. The molecule has 4 heteroatoms. The van der Waals surface area contributed by atoms with Crippen molar-refractivity contribution in [2.75, 3.05) is 20.1 Å². The van der Waals surface area contributed by atoms with Crippen LogP contribution in [0.1, 0.15) is 24.4 Å². The van der Waals surface area contributed by atoms with E-state index in [1.807, 2.05) is 17.9 Å². The zero-order valence-corrected chi connectivity index (χ0v) is 9.56. The first-order chi connectivity index (χ1) is 7.20. The molecule has 0 spiro atoms. The van der Waals surface area contributed by atoms with Crippen LogP contribution in [0.4, 0.5) is 0 Å². The molecule has 15 heavy (non-hydrogen) atoms. The molecular weight excluding hydrogens is 188 g/mol. The summed E-state index contributed by atoms with van der Waals surface area (Å²) in [5.74, 6) is 0.903. The zero-order valence-electron chi connectivity index (χ0n) is 9.56. The van der Waals surface area contributed by atoms with Crippen LogP contribution in [0, 0.1) is 5.92 Å². The Bertz CT molecular complexity index is 316. The van der Waals surface area contributed by atoms with Crippen molar-refractivity contribution < 1.29 is 0 Å². The second-order valence-electron chi connectivity index (χ2n) is 4.58. The van der Waals surface area contributed by atoms with Gasteiger partial charge in [-0.2, -0.15) is 5.10 Å². The van der Waals surface area contributed by atoms with Crippen LogP contribution in [0.5, 0.6) is 0 Å². The molecule has 1 fully saturated rings. The second kappa shape index (κ2) is 4.33. The van der Waals surface area contributed by atoms with E-state index in [1.165, 1.54) is 18.4 Å². The molecule has 1 saturated carbocycles. The van der Waals surface area contributed by atoms with Gasteiger partial charge in [0.15, 0.2) is 0 Å². The van der Waals surface area contributed by atoms with Gasteiger partial charge >= 0.3 is 0 Å². The van der Waals surface area contributed by atoms with Gasteiger partial charge in [-0.15, -0.1) is 0 Å². The third-order valence-electron chi connectivity index (χ3n) is 3.11. The molecule has 0 radical (unpaired) electrons. The lowest BCUT2D eigenvalue weighted by molar-refractivity contribution is 0.240. The summed E-state index contributed by atoms with van der Waals surface area (Å²) in [5, 5.41) is 4.20. The number of nitrogens with zero attached hydrogens (tertiary/aromatic N) is 3. The summed E-state index contributed by atoms with van der Waals surface area (Å²) in [4.78, 5) is 2.36. The Hall–Kier alpha value is -0.870. The third-order valence-corrected chi connectivity index (χ3v) is 3.11. The van der Waals surface area contributed by atoms with Gasteiger partial charge in [-0.1, -0.05) is 0 Å². The lowest BCUT2D eigenvalue weighted by Gasteiger charge is -2.25. The Kier molecular flexibility index (Phi) is 3.07. The van der Waals surface area contributed by atoms with Crippen molar-refractivity contribution in [1.29, 1.82) is 0 Å². The molecular formula is C11H20N4. The smallest absolute Gasteiger partial charge is 0.0538 e. The first kappa shape index (κ1) is 10.6. The fraction of sp³-hybridized carbons (Fsp3) is 0.727. The molecule has 1 unspecified atom stereocenters. The van der Waals surface area contributed by atoms with Crippen LogP contribution in [0.2, 0.25) is 0 Å². The van der Waals surface area contributed by atoms with Crippen LogP contribution in [-0.4, -0.2) is 34.8 Å². The van der Waals surface area contributed by atoms with Gasteiger partial charge in [0.2, 0.25) is 0 Å². The fourth-order valence-electron chi connectivity index (χ4n) is 2.02. The highest BCUT2D eigenvalue weighted by Gasteiger charge is 2.26. The summed E-state index contributed by atoms with van der Waals surface area (Å²) in [5.41, 5.74) is 7.06. The maximum atomic E-state index is 5.83. The first-order valence-corrected chi connectivity index (χ1v) is 5.59. The van der Waals surface area contributed by atoms with Gasteiger partial charge in [0.1, 0.15) is 0 Å². The van der Waals surface area contributed by atoms with E-state index in [4.69, 9.17) is 5.73 Å². The number of hydrogen-bond donors (Lipinski definition) is 1. The number of aromatic nitrogens is 2. The first-order valence-electron chi connectivity index (χ1n) is 5.59. The molecule has 0 aliphatic heterocycles. The predicted molar refractivity (Wildman–Crippen MR) is 60.4 cm³/mol. The van der Waals surface area contributed by atoms with Gasteiger partial charge in [-0.05, 0) is 25.8 Å². The van der Waals surface area contributed by atoms with E-state index in [-0.39, 0.29) is 0 Å². The van der Waals surface area contributed by atoms with Crippen molar-refractivity contribution in [2.45, 2.75) is 18.9 Å². The standard InChI is InChI=1S/C11H20N4/c1-14(7-9-3-4-9)11(5-12)10-6-13-15(2)8-10/h6,8-9,11H,3-5,7,12H2,1-2H3. The summed E-state index contributed by atoms with van der Waals surface area (Å²) in [6.45, 7) is 1.83. The van der Waals surface area contributed by atoms with E-state index < -0.39 is 0 Å². The minimum absolute atomic E-state index is 0.319. The minimum atomic E-state index is 0.319. The van der Waals surface area contributed by atoms with E-state index >= 15 is 0 Å². The van der Waals surface area contributed by atoms with Gasteiger partial charge in [-0.25, -0.2) is 0 Å². The van der Waals surface area contributed by atoms with Gasteiger partial charge in [0.05, 0.1) is 6.20 Å². The largest absolute Gasteiger partial charge is 0.329 e. The van der Waals surface area contributed by atoms with Gasteiger partial charge in [-0.3, -0.25) is 9.58 Å². The maximum absolute atomic E-state index is 5.83. The molecule has 4 nitrogen and oxygen atoms in total. The van der Waals surface area contributed by atoms with E-state index in [2.05, 4.69) is 23.2 Å². The van der Waals surface area contributed by atoms with Gasteiger partial charge in [0, 0.05) is 37.9 Å². The van der Waals surface area contributed by atoms with Crippen molar-refractivity contribution in [3.63, 3.8) is 0 Å². The molecule has 1 aliphatic rings. The number of aryl methyl sites for hydroxylation is 1. The van der Waals surface area contributed by atoms with Crippen LogP contribution in [0.15, 0.2) is 12.4 Å². The van der Waals surface area contributed by atoms with Crippen LogP contribution >= 0.6 is 0 Å².